The second-order valence-corrected chi connectivity index (χ2v) is 4.36. The summed E-state index contributed by atoms with van der Waals surface area (Å²) in [6, 6.07) is 0.352. The topological polar surface area (TPSA) is 61.9 Å². The summed E-state index contributed by atoms with van der Waals surface area (Å²) in [7, 11) is 2.09. The zero-order valence-corrected chi connectivity index (χ0v) is 9.11. The van der Waals surface area contributed by atoms with Crippen molar-refractivity contribution < 1.29 is 5.21 Å². The van der Waals surface area contributed by atoms with Crippen LogP contribution in [0.25, 0.3) is 0 Å². The number of rotatable bonds is 6. The zero-order chi connectivity index (χ0) is 10.6. The maximum absolute atomic E-state index is 8.44. The van der Waals surface area contributed by atoms with Crippen molar-refractivity contribution in [3.63, 3.8) is 0 Å². The molecule has 0 radical (unpaired) electrons. The molecule has 0 spiro atoms. The van der Waals surface area contributed by atoms with Crippen LogP contribution in [-0.4, -0.2) is 35.6 Å². The van der Waals surface area contributed by atoms with Crippen LogP contribution in [0.5, 0.6) is 0 Å². The van der Waals surface area contributed by atoms with Gasteiger partial charge in [0.05, 0.1) is 0 Å². The molecule has 0 aromatic heterocycles. The lowest BCUT2D eigenvalue weighted by Gasteiger charge is -2.23. The Morgan fingerprint density at radius 3 is 2.79 bits per heavy atom. The van der Waals surface area contributed by atoms with Crippen LogP contribution in [0.2, 0.25) is 0 Å². The minimum Gasteiger partial charge on any atom is -0.409 e. The Labute approximate surface area is 85.8 Å². The van der Waals surface area contributed by atoms with E-state index >= 15 is 0 Å². The van der Waals surface area contributed by atoms with Crippen molar-refractivity contribution in [3.05, 3.63) is 0 Å². The summed E-state index contributed by atoms with van der Waals surface area (Å²) in [5.41, 5.74) is 5.45. The number of nitrogens with zero attached hydrogens (tertiary/aromatic N) is 2. The summed E-state index contributed by atoms with van der Waals surface area (Å²) < 4.78 is 0. The van der Waals surface area contributed by atoms with Crippen LogP contribution in [0.3, 0.4) is 0 Å². The number of oxime groups is 1. The third-order valence-corrected chi connectivity index (χ3v) is 2.97. The molecule has 1 saturated carbocycles. The molecule has 1 unspecified atom stereocenters. The summed E-state index contributed by atoms with van der Waals surface area (Å²) in [5, 5.41) is 11.4. The van der Waals surface area contributed by atoms with Gasteiger partial charge in [-0.1, -0.05) is 18.0 Å². The lowest BCUT2D eigenvalue weighted by Crippen LogP contribution is -2.34. The first kappa shape index (κ1) is 11.3. The van der Waals surface area contributed by atoms with Crippen LogP contribution >= 0.6 is 0 Å². The van der Waals surface area contributed by atoms with Crippen LogP contribution in [0.4, 0.5) is 0 Å². The van der Waals surface area contributed by atoms with Crippen LogP contribution in [-0.2, 0) is 0 Å². The molecule has 0 saturated heterocycles. The van der Waals surface area contributed by atoms with E-state index in [1.165, 1.54) is 19.3 Å². The monoisotopic (exact) mass is 199 g/mol. The van der Waals surface area contributed by atoms with Crippen molar-refractivity contribution in [2.45, 2.75) is 38.6 Å². The van der Waals surface area contributed by atoms with Gasteiger partial charge in [0.15, 0.2) is 0 Å². The van der Waals surface area contributed by atoms with Gasteiger partial charge in [-0.05, 0) is 32.9 Å². The van der Waals surface area contributed by atoms with E-state index in [4.69, 9.17) is 10.9 Å². The van der Waals surface area contributed by atoms with E-state index in [9.17, 15) is 0 Å². The fourth-order valence-electron chi connectivity index (χ4n) is 1.51. The van der Waals surface area contributed by atoms with Crippen LogP contribution in [0.15, 0.2) is 5.16 Å². The summed E-state index contributed by atoms with van der Waals surface area (Å²) >= 11 is 0. The molecule has 1 aliphatic rings. The van der Waals surface area contributed by atoms with Gasteiger partial charge in [-0.3, -0.25) is 0 Å². The molecular weight excluding hydrogens is 178 g/mol. The van der Waals surface area contributed by atoms with E-state index in [2.05, 4.69) is 24.0 Å². The first-order valence-corrected chi connectivity index (χ1v) is 5.30. The highest BCUT2D eigenvalue weighted by Gasteiger charge is 2.22. The van der Waals surface area contributed by atoms with Crippen molar-refractivity contribution >= 4 is 5.84 Å². The van der Waals surface area contributed by atoms with Crippen molar-refractivity contribution in [1.82, 2.24) is 4.90 Å². The summed E-state index contributed by atoms with van der Waals surface area (Å²) in [4.78, 5) is 2.27. The highest BCUT2D eigenvalue weighted by atomic mass is 16.4. The molecule has 1 rings (SSSR count). The number of amidine groups is 1. The van der Waals surface area contributed by atoms with Crippen molar-refractivity contribution in [1.29, 1.82) is 0 Å². The Kier molecular flexibility index (Phi) is 4.20. The number of hydrogen-bond acceptors (Lipinski definition) is 3. The maximum Gasteiger partial charge on any atom is 0.140 e. The highest BCUT2D eigenvalue weighted by molar-refractivity contribution is 5.80. The Morgan fingerprint density at radius 1 is 1.64 bits per heavy atom. The molecule has 82 valence electrons. The fraction of sp³-hybridized carbons (Fsp3) is 0.900. The van der Waals surface area contributed by atoms with Crippen LogP contribution in [0, 0.1) is 5.92 Å². The van der Waals surface area contributed by atoms with Gasteiger partial charge >= 0.3 is 0 Å². The normalized spacial score (nSPS) is 20.1. The lowest BCUT2D eigenvalue weighted by atomic mass is 10.2. The molecule has 4 nitrogen and oxygen atoms in total. The van der Waals surface area contributed by atoms with Crippen LogP contribution in [0.1, 0.15) is 32.6 Å². The maximum atomic E-state index is 8.44. The molecule has 0 bridgehead atoms. The van der Waals surface area contributed by atoms with E-state index in [0.29, 0.717) is 18.3 Å². The molecule has 1 atom stereocenters. The predicted molar refractivity (Wildman–Crippen MR) is 57.5 cm³/mol. The lowest BCUT2D eigenvalue weighted by molar-refractivity contribution is 0.251. The van der Waals surface area contributed by atoms with E-state index < -0.39 is 0 Å². The van der Waals surface area contributed by atoms with E-state index in [1.807, 2.05) is 0 Å². The molecule has 0 heterocycles. The minimum atomic E-state index is 0.316. The van der Waals surface area contributed by atoms with Gasteiger partial charge in [-0.2, -0.15) is 0 Å². The first-order valence-electron chi connectivity index (χ1n) is 5.30. The molecule has 4 heteroatoms. The number of nitrogens with two attached hydrogens (primary N) is 1. The Balaban J connectivity index is 2.16. The van der Waals surface area contributed by atoms with E-state index in [-0.39, 0.29) is 0 Å². The van der Waals surface area contributed by atoms with Gasteiger partial charge in [0.1, 0.15) is 5.84 Å². The molecular formula is C10H21N3O. The SMILES string of the molecule is CC(CC(N)=NO)N(C)CCC1CC1. The number of hydrogen-bond donors (Lipinski definition) is 2. The molecule has 14 heavy (non-hydrogen) atoms. The molecule has 1 aliphatic carbocycles. The summed E-state index contributed by atoms with van der Waals surface area (Å²) in [5.74, 6) is 1.28. The van der Waals surface area contributed by atoms with Gasteiger partial charge in [0.2, 0.25) is 0 Å². The quantitative estimate of drug-likeness (QED) is 0.293. The van der Waals surface area contributed by atoms with Crippen molar-refractivity contribution in [2.75, 3.05) is 13.6 Å². The molecule has 1 fully saturated rings. The van der Waals surface area contributed by atoms with Gasteiger partial charge in [-0.15, -0.1) is 0 Å². The molecule has 0 aromatic carbocycles. The van der Waals surface area contributed by atoms with Crippen LogP contribution < -0.4 is 5.73 Å². The average Bonchev–Trinajstić information content (AvgIpc) is 2.97. The predicted octanol–water partition coefficient (Wildman–Crippen LogP) is 1.24. The average molecular weight is 199 g/mol. The molecule has 3 N–H and O–H groups in total. The highest BCUT2D eigenvalue weighted by Crippen LogP contribution is 2.32. The third-order valence-electron chi connectivity index (χ3n) is 2.97. The minimum absolute atomic E-state index is 0.316. The van der Waals surface area contributed by atoms with Crippen molar-refractivity contribution in [2.24, 2.45) is 16.8 Å². The Hall–Kier alpha value is -0.770. The van der Waals surface area contributed by atoms with Crippen molar-refractivity contribution in [3.8, 4) is 0 Å². The Morgan fingerprint density at radius 2 is 2.29 bits per heavy atom. The first-order chi connectivity index (χ1) is 6.63. The second kappa shape index (κ2) is 5.20. The van der Waals surface area contributed by atoms with E-state index in [0.717, 1.165) is 12.5 Å². The molecule has 0 aliphatic heterocycles. The van der Waals surface area contributed by atoms with Gasteiger partial charge < -0.3 is 15.8 Å². The molecule has 0 amide bonds. The summed E-state index contributed by atoms with van der Waals surface area (Å²) in [6.07, 6.45) is 4.74. The smallest absolute Gasteiger partial charge is 0.140 e. The van der Waals surface area contributed by atoms with Gasteiger partial charge in [0.25, 0.3) is 0 Å². The third kappa shape index (κ3) is 3.96. The summed E-state index contributed by atoms with van der Waals surface area (Å²) in [6.45, 7) is 3.22. The Bertz CT molecular complexity index is 202. The van der Waals surface area contributed by atoms with Gasteiger partial charge in [-0.25, -0.2) is 0 Å². The molecule has 0 aromatic rings. The zero-order valence-electron chi connectivity index (χ0n) is 9.11. The largest absolute Gasteiger partial charge is 0.409 e. The van der Waals surface area contributed by atoms with E-state index in [1.54, 1.807) is 0 Å². The fourth-order valence-corrected chi connectivity index (χ4v) is 1.51. The van der Waals surface area contributed by atoms with Gasteiger partial charge in [0, 0.05) is 12.5 Å². The standard InChI is InChI=1S/C10H21N3O/c1-8(7-10(11)12-14)13(2)6-5-9-3-4-9/h8-9,14H,3-7H2,1-2H3,(H2,11,12). The second-order valence-electron chi connectivity index (χ2n) is 4.36.